The molecule has 2 aromatic carbocycles. The van der Waals surface area contributed by atoms with Crippen LogP contribution in [0.3, 0.4) is 0 Å². The van der Waals surface area contributed by atoms with Crippen LogP contribution in [0.1, 0.15) is 31.4 Å². The van der Waals surface area contributed by atoms with Gasteiger partial charge < -0.3 is 0 Å². The van der Waals surface area contributed by atoms with E-state index in [9.17, 15) is 0 Å². The molecule has 0 heteroatoms. The fourth-order valence-electron chi connectivity index (χ4n) is 2.05. The highest BCUT2D eigenvalue weighted by atomic mass is 14.2. The van der Waals surface area contributed by atoms with Gasteiger partial charge in [-0.2, -0.15) is 0 Å². The number of hydrogen-bond donors (Lipinski definition) is 0. The molecule has 0 aliphatic carbocycles. The van der Waals surface area contributed by atoms with Gasteiger partial charge in [-0.1, -0.05) is 74.5 Å². The van der Waals surface area contributed by atoms with Gasteiger partial charge in [-0.3, -0.25) is 0 Å². The van der Waals surface area contributed by atoms with Crippen molar-refractivity contribution in [1.29, 1.82) is 0 Å². The van der Waals surface area contributed by atoms with Gasteiger partial charge in [0.15, 0.2) is 0 Å². The third-order valence-electron chi connectivity index (χ3n) is 3.06. The first-order chi connectivity index (χ1) is 8.27. The fourth-order valence-corrected chi connectivity index (χ4v) is 2.05. The molecule has 2 rings (SSSR count). The molecule has 0 nitrogen and oxygen atoms in total. The van der Waals surface area contributed by atoms with E-state index in [2.05, 4.69) is 74.5 Å². The molecule has 0 unspecified atom stereocenters. The van der Waals surface area contributed by atoms with Crippen LogP contribution in [0.2, 0.25) is 0 Å². The van der Waals surface area contributed by atoms with Crippen LogP contribution in [0.25, 0.3) is 0 Å². The van der Waals surface area contributed by atoms with Gasteiger partial charge in [-0.05, 0) is 17.5 Å². The van der Waals surface area contributed by atoms with Crippen LogP contribution in [0, 0.1) is 11.8 Å². The van der Waals surface area contributed by atoms with E-state index in [0.29, 0.717) is 0 Å². The van der Waals surface area contributed by atoms with Gasteiger partial charge in [-0.25, -0.2) is 0 Å². The quantitative estimate of drug-likeness (QED) is 0.705. The van der Waals surface area contributed by atoms with Gasteiger partial charge in [0.1, 0.15) is 0 Å². The lowest BCUT2D eigenvalue weighted by Gasteiger charge is -2.16. The van der Waals surface area contributed by atoms with Crippen LogP contribution in [0.15, 0.2) is 60.7 Å². The topological polar surface area (TPSA) is 0 Å². The molecule has 0 spiro atoms. The standard InChI is InChI=1S/C17H18/c1-14(16-9-5-3-6-10-16)13-15(2)17-11-7-4-8-12-17/h3-12H,13H2,1-2H3. The maximum Gasteiger partial charge on any atom is 0.00279 e. The van der Waals surface area contributed by atoms with E-state index in [0.717, 1.165) is 6.42 Å². The summed E-state index contributed by atoms with van der Waals surface area (Å²) in [4.78, 5) is 0. The summed E-state index contributed by atoms with van der Waals surface area (Å²) in [6.45, 7) is 4.42. The summed E-state index contributed by atoms with van der Waals surface area (Å²) < 4.78 is 0. The zero-order chi connectivity index (χ0) is 12.1. The van der Waals surface area contributed by atoms with Gasteiger partial charge in [0.2, 0.25) is 0 Å². The fraction of sp³-hybridized carbons (Fsp3) is 0.176. The van der Waals surface area contributed by atoms with Gasteiger partial charge in [-0.15, -0.1) is 0 Å². The van der Waals surface area contributed by atoms with E-state index in [4.69, 9.17) is 0 Å². The van der Waals surface area contributed by atoms with E-state index in [-0.39, 0.29) is 0 Å². The van der Waals surface area contributed by atoms with Crippen LogP contribution >= 0.6 is 0 Å². The van der Waals surface area contributed by atoms with Crippen LogP contribution in [0.5, 0.6) is 0 Å². The maximum atomic E-state index is 2.21. The highest BCUT2D eigenvalue weighted by molar-refractivity contribution is 5.36. The van der Waals surface area contributed by atoms with Crippen LogP contribution < -0.4 is 0 Å². The smallest absolute Gasteiger partial charge is 0.00279 e. The molecule has 0 amide bonds. The molecule has 0 N–H and O–H groups in total. The van der Waals surface area contributed by atoms with Crippen molar-refractivity contribution in [2.24, 2.45) is 0 Å². The van der Waals surface area contributed by atoms with Crippen LogP contribution in [-0.2, 0) is 0 Å². The average molecular weight is 222 g/mol. The largest absolute Gasteiger partial charge is 0.0622 e. The average Bonchev–Trinajstić information content (AvgIpc) is 2.40. The molecule has 17 heavy (non-hydrogen) atoms. The van der Waals surface area contributed by atoms with Crippen molar-refractivity contribution in [3.05, 3.63) is 83.6 Å². The monoisotopic (exact) mass is 222 g/mol. The lowest BCUT2D eigenvalue weighted by molar-refractivity contribution is 0.887. The molecule has 0 aromatic heterocycles. The van der Waals surface area contributed by atoms with Gasteiger partial charge >= 0.3 is 0 Å². The normalized spacial score (nSPS) is 11.1. The molecule has 0 saturated heterocycles. The predicted molar refractivity (Wildman–Crippen MR) is 73.5 cm³/mol. The summed E-state index contributed by atoms with van der Waals surface area (Å²) in [5.74, 6) is 2.85. The first kappa shape index (κ1) is 11.9. The lowest BCUT2D eigenvalue weighted by atomic mass is 9.87. The highest BCUT2D eigenvalue weighted by Crippen LogP contribution is 2.27. The number of rotatable bonds is 4. The summed E-state index contributed by atoms with van der Waals surface area (Å²) in [6.07, 6.45) is 1.04. The van der Waals surface area contributed by atoms with E-state index >= 15 is 0 Å². The maximum absolute atomic E-state index is 2.21. The summed E-state index contributed by atoms with van der Waals surface area (Å²) in [7, 11) is 0. The third kappa shape index (κ3) is 3.20. The molecule has 0 aliphatic rings. The highest BCUT2D eigenvalue weighted by Gasteiger charge is 2.12. The second kappa shape index (κ2) is 5.67. The van der Waals surface area contributed by atoms with Crippen molar-refractivity contribution < 1.29 is 0 Å². The zero-order valence-corrected chi connectivity index (χ0v) is 10.5. The second-order valence-electron chi connectivity index (χ2n) is 4.47. The van der Waals surface area contributed by atoms with Gasteiger partial charge in [0.05, 0.1) is 0 Å². The zero-order valence-electron chi connectivity index (χ0n) is 10.5. The molecule has 0 heterocycles. The second-order valence-corrected chi connectivity index (χ2v) is 4.47. The molecule has 0 saturated carbocycles. The van der Waals surface area contributed by atoms with E-state index in [1.807, 2.05) is 0 Å². The van der Waals surface area contributed by atoms with Crippen molar-refractivity contribution >= 4 is 0 Å². The molecule has 0 fully saturated rings. The number of hydrogen-bond acceptors (Lipinski definition) is 0. The van der Waals surface area contributed by atoms with Gasteiger partial charge in [0.25, 0.3) is 0 Å². The Morgan fingerprint density at radius 2 is 1.00 bits per heavy atom. The Morgan fingerprint density at radius 1 is 0.647 bits per heavy atom. The molecule has 0 bridgehead atoms. The molecule has 2 radical (unpaired) electrons. The Labute approximate surface area is 104 Å². The summed E-state index contributed by atoms with van der Waals surface area (Å²) in [6, 6.07) is 21.2. The van der Waals surface area contributed by atoms with Crippen molar-refractivity contribution in [3.8, 4) is 0 Å². The first-order valence-corrected chi connectivity index (χ1v) is 6.03. The van der Waals surface area contributed by atoms with Crippen LogP contribution in [0.4, 0.5) is 0 Å². The van der Waals surface area contributed by atoms with E-state index in [1.54, 1.807) is 0 Å². The minimum absolute atomic E-state index is 1.04. The molecule has 0 atom stereocenters. The molecular weight excluding hydrogens is 204 g/mol. The Kier molecular flexibility index (Phi) is 3.98. The summed E-state index contributed by atoms with van der Waals surface area (Å²) in [5.41, 5.74) is 2.67. The Balaban J connectivity index is 2.02. The van der Waals surface area contributed by atoms with E-state index in [1.165, 1.54) is 23.0 Å². The Bertz CT molecular complexity index is 387. The third-order valence-corrected chi connectivity index (χ3v) is 3.06. The minimum atomic E-state index is 1.04. The van der Waals surface area contributed by atoms with Crippen molar-refractivity contribution in [3.63, 3.8) is 0 Å². The van der Waals surface area contributed by atoms with E-state index < -0.39 is 0 Å². The summed E-state index contributed by atoms with van der Waals surface area (Å²) in [5, 5.41) is 0. The minimum Gasteiger partial charge on any atom is -0.0622 e. The molecular formula is C17H18. The van der Waals surface area contributed by atoms with Crippen molar-refractivity contribution in [2.45, 2.75) is 20.3 Å². The first-order valence-electron chi connectivity index (χ1n) is 6.03. The SMILES string of the molecule is C[C](C[C](C)c1ccccc1)c1ccccc1. The van der Waals surface area contributed by atoms with Crippen molar-refractivity contribution in [1.82, 2.24) is 0 Å². The molecule has 86 valence electrons. The predicted octanol–water partition coefficient (Wildman–Crippen LogP) is 4.66. The van der Waals surface area contributed by atoms with Crippen LogP contribution in [-0.4, -0.2) is 0 Å². The van der Waals surface area contributed by atoms with Crippen molar-refractivity contribution in [2.75, 3.05) is 0 Å². The molecule has 0 aliphatic heterocycles. The lowest BCUT2D eigenvalue weighted by Crippen LogP contribution is -2.02. The Hall–Kier alpha value is -1.56. The number of benzene rings is 2. The molecule has 2 aromatic rings. The Morgan fingerprint density at radius 3 is 1.35 bits per heavy atom. The summed E-state index contributed by atoms with van der Waals surface area (Å²) >= 11 is 0. The van der Waals surface area contributed by atoms with Gasteiger partial charge in [0, 0.05) is 11.8 Å².